The Labute approximate surface area is 194 Å². The van der Waals surface area contributed by atoms with Crippen molar-refractivity contribution in [3.05, 3.63) is 22.2 Å². The van der Waals surface area contributed by atoms with E-state index < -0.39 is 36.9 Å². The van der Waals surface area contributed by atoms with Crippen molar-refractivity contribution in [3.63, 3.8) is 0 Å². The molecule has 0 aromatic carbocycles. The highest BCUT2D eigenvalue weighted by Crippen LogP contribution is 2.51. The van der Waals surface area contributed by atoms with Crippen LogP contribution in [0.1, 0.15) is 52.8 Å². The average molecular weight is 494 g/mol. The standard InChI is InChI=1S/C20H36N3O7PS/c1-12(2)29-31(25,32)30-15-14(10-20(4,5)6)28-18(16(15)27-9-8-26-7)23-11-13(3)17(21)22-19(23)24/h11-12,14-16,18H,8-10H2,1-7H3,(H,25,32)(H2,21,22,24)/t14-,15+,16?,18-,31?/m1/s1. The number of methoxy groups -OCH3 is 1. The van der Waals surface area contributed by atoms with Gasteiger partial charge in [0.1, 0.15) is 18.0 Å². The maximum Gasteiger partial charge on any atom is 0.351 e. The summed E-state index contributed by atoms with van der Waals surface area (Å²) in [7, 11) is 1.56. The van der Waals surface area contributed by atoms with Gasteiger partial charge in [-0.15, -0.1) is 0 Å². The van der Waals surface area contributed by atoms with E-state index in [1.54, 1.807) is 34.1 Å². The number of nitrogens with zero attached hydrogens (tertiary/aromatic N) is 2. The molecule has 0 radical (unpaired) electrons. The molecule has 5 atom stereocenters. The van der Waals surface area contributed by atoms with Gasteiger partial charge >= 0.3 is 12.4 Å². The zero-order valence-corrected chi connectivity index (χ0v) is 21.5. The summed E-state index contributed by atoms with van der Waals surface area (Å²) < 4.78 is 30.2. The molecule has 2 unspecified atom stereocenters. The van der Waals surface area contributed by atoms with Crippen molar-refractivity contribution >= 4 is 24.3 Å². The summed E-state index contributed by atoms with van der Waals surface area (Å²) >= 11 is 5.25. The van der Waals surface area contributed by atoms with Crippen LogP contribution < -0.4 is 11.4 Å². The number of hydrogen-bond acceptors (Lipinski definition) is 9. The van der Waals surface area contributed by atoms with Gasteiger partial charge in [0.2, 0.25) is 0 Å². The summed E-state index contributed by atoms with van der Waals surface area (Å²) in [6.45, 7) is 8.38. The van der Waals surface area contributed by atoms with Crippen molar-refractivity contribution in [2.24, 2.45) is 5.41 Å². The predicted octanol–water partition coefficient (Wildman–Crippen LogP) is 2.53. The molecule has 12 heteroatoms. The molecule has 3 N–H and O–H groups in total. The largest absolute Gasteiger partial charge is 0.383 e. The first-order valence-electron chi connectivity index (χ1n) is 10.5. The minimum atomic E-state index is -3.61. The molecule has 0 amide bonds. The molecule has 1 saturated heterocycles. The Balaban J connectivity index is 2.49. The van der Waals surface area contributed by atoms with Crippen molar-refractivity contribution in [1.29, 1.82) is 0 Å². The van der Waals surface area contributed by atoms with Gasteiger partial charge in [-0.3, -0.25) is 9.09 Å². The molecule has 1 aromatic heterocycles. The number of hydrogen-bond donors (Lipinski definition) is 2. The van der Waals surface area contributed by atoms with Gasteiger partial charge in [-0.05, 0) is 44.4 Å². The summed E-state index contributed by atoms with van der Waals surface area (Å²) in [5, 5.41) is 0. The van der Waals surface area contributed by atoms with Crippen LogP contribution in [-0.2, 0) is 35.1 Å². The highest BCUT2D eigenvalue weighted by atomic mass is 32.5. The van der Waals surface area contributed by atoms with Crippen molar-refractivity contribution in [2.75, 3.05) is 26.1 Å². The van der Waals surface area contributed by atoms with E-state index in [0.29, 0.717) is 18.6 Å². The molecule has 2 heterocycles. The fourth-order valence-corrected chi connectivity index (χ4v) is 5.44. The Bertz CT molecular complexity index is 874. The van der Waals surface area contributed by atoms with Gasteiger partial charge in [-0.2, -0.15) is 4.98 Å². The zero-order valence-electron chi connectivity index (χ0n) is 19.8. The molecule has 1 fully saturated rings. The SMILES string of the molecule is COCCOC1[C@@H](OP(O)(=S)OC(C)C)[C@@H](CC(C)(C)C)O[C@H]1n1cc(C)c(N)nc1=O. The van der Waals surface area contributed by atoms with E-state index in [0.717, 1.165) is 0 Å². The van der Waals surface area contributed by atoms with Crippen molar-refractivity contribution in [2.45, 2.75) is 78.6 Å². The summed E-state index contributed by atoms with van der Waals surface area (Å²) in [4.78, 5) is 27.2. The lowest BCUT2D eigenvalue weighted by molar-refractivity contribution is -0.0804. The summed E-state index contributed by atoms with van der Waals surface area (Å²) in [6.07, 6.45) is -1.13. The van der Waals surface area contributed by atoms with Gasteiger partial charge in [-0.25, -0.2) is 4.79 Å². The Morgan fingerprint density at radius 1 is 1.34 bits per heavy atom. The third kappa shape index (κ3) is 7.56. The van der Waals surface area contributed by atoms with Crippen LogP contribution in [0, 0.1) is 12.3 Å². The fraction of sp³-hybridized carbons (Fsp3) is 0.800. The van der Waals surface area contributed by atoms with E-state index in [1.165, 1.54) is 4.57 Å². The van der Waals surface area contributed by atoms with Gasteiger partial charge in [0, 0.05) is 18.9 Å². The van der Waals surface area contributed by atoms with E-state index in [9.17, 15) is 9.69 Å². The number of nitrogens with two attached hydrogens (primary N) is 1. The van der Waals surface area contributed by atoms with Gasteiger partial charge < -0.3 is 29.4 Å². The first kappa shape index (κ1) is 27.3. The number of nitrogen functional groups attached to an aromatic ring is 1. The third-order valence-electron chi connectivity index (χ3n) is 4.74. The van der Waals surface area contributed by atoms with Crippen molar-refractivity contribution in [1.82, 2.24) is 9.55 Å². The maximum absolute atomic E-state index is 12.7. The van der Waals surface area contributed by atoms with E-state index in [-0.39, 0.29) is 23.9 Å². The van der Waals surface area contributed by atoms with Gasteiger partial charge in [0.25, 0.3) is 0 Å². The molecule has 1 aliphatic rings. The quantitative estimate of drug-likeness (QED) is 0.371. The topological polar surface area (TPSA) is 127 Å². The summed E-state index contributed by atoms with van der Waals surface area (Å²) in [5.74, 6) is 0.149. The second kappa shape index (κ2) is 11.0. The smallest absolute Gasteiger partial charge is 0.351 e. The third-order valence-corrected chi connectivity index (χ3v) is 6.46. The van der Waals surface area contributed by atoms with Gasteiger partial charge in [-0.1, -0.05) is 20.8 Å². The molecule has 32 heavy (non-hydrogen) atoms. The second-order valence-corrected chi connectivity index (χ2v) is 12.1. The van der Waals surface area contributed by atoms with E-state index in [4.69, 9.17) is 40.8 Å². The first-order chi connectivity index (χ1) is 14.7. The Morgan fingerprint density at radius 3 is 2.56 bits per heavy atom. The van der Waals surface area contributed by atoms with Gasteiger partial charge in [0.15, 0.2) is 6.23 Å². The molecular formula is C20H36N3O7PS. The Morgan fingerprint density at radius 2 is 2.00 bits per heavy atom. The molecule has 184 valence electrons. The predicted molar refractivity (Wildman–Crippen MR) is 125 cm³/mol. The Hall–Kier alpha value is -0.910. The average Bonchev–Trinajstić information content (AvgIpc) is 2.92. The minimum Gasteiger partial charge on any atom is -0.383 e. The van der Waals surface area contributed by atoms with Gasteiger partial charge in [0.05, 0.1) is 25.4 Å². The van der Waals surface area contributed by atoms with Crippen molar-refractivity contribution < 1.29 is 28.2 Å². The maximum atomic E-state index is 12.7. The molecule has 1 aliphatic heterocycles. The van der Waals surface area contributed by atoms with Crippen LogP contribution in [0.3, 0.4) is 0 Å². The monoisotopic (exact) mass is 493 g/mol. The minimum absolute atomic E-state index is 0.143. The lowest BCUT2D eigenvalue weighted by Crippen LogP contribution is -2.40. The van der Waals surface area contributed by atoms with Crippen LogP contribution in [0.5, 0.6) is 0 Å². The highest BCUT2D eigenvalue weighted by Gasteiger charge is 2.50. The van der Waals surface area contributed by atoms with Crippen LogP contribution in [-0.4, -0.2) is 59.2 Å². The van der Waals surface area contributed by atoms with Crippen LogP contribution in [0.25, 0.3) is 0 Å². The van der Waals surface area contributed by atoms with Crippen LogP contribution in [0.4, 0.5) is 5.82 Å². The molecule has 0 spiro atoms. The van der Waals surface area contributed by atoms with E-state index in [1.807, 2.05) is 0 Å². The molecule has 0 aliphatic carbocycles. The Kier molecular flexibility index (Phi) is 9.41. The lowest BCUT2D eigenvalue weighted by Gasteiger charge is -2.30. The second-order valence-electron chi connectivity index (χ2n) is 9.35. The van der Waals surface area contributed by atoms with E-state index >= 15 is 0 Å². The fourth-order valence-electron chi connectivity index (χ4n) is 3.48. The number of rotatable bonds is 10. The molecule has 10 nitrogen and oxygen atoms in total. The van der Waals surface area contributed by atoms with Crippen LogP contribution >= 0.6 is 6.72 Å². The molecular weight excluding hydrogens is 457 g/mol. The van der Waals surface area contributed by atoms with Crippen LogP contribution in [0.2, 0.25) is 0 Å². The summed E-state index contributed by atoms with van der Waals surface area (Å²) in [5.41, 5.74) is 5.70. The number of aromatic nitrogens is 2. The first-order valence-corrected chi connectivity index (χ1v) is 13.1. The van der Waals surface area contributed by atoms with Crippen LogP contribution in [0.15, 0.2) is 11.0 Å². The number of anilines is 1. The highest BCUT2D eigenvalue weighted by molar-refractivity contribution is 8.07. The molecule has 0 bridgehead atoms. The van der Waals surface area contributed by atoms with E-state index in [2.05, 4.69) is 25.8 Å². The lowest BCUT2D eigenvalue weighted by atomic mass is 9.87. The van der Waals surface area contributed by atoms with Crippen molar-refractivity contribution in [3.8, 4) is 0 Å². The molecule has 2 rings (SSSR count). The number of aryl methyl sites for hydroxylation is 1. The summed E-state index contributed by atoms with van der Waals surface area (Å²) in [6, 6.07) is 0. The normalized spacial score (nSPS) is 25.9. The zero-order chi connectivity index (χ0) is 24.3. The molecule has 0 saturated carbocycles. The molecule has 1 aromatic rings. The number of ether oxygens (including phenoxy) is 3.